The first kappa shape index (κ1) is 19.8. The van der Waals surface area contributed by atoms with Crippen LogP contribution in [0.25, 0.3) is 33.4 Å². The van der Waals surface area contributed by atoms with Gasteiger partial charge in [0.05, 0.1) is 16.2 Å². The lowest BCUT2D eigenvalue weighted by Crippen LogP contribution is -2.21. The van der Waals surface area contributed by atoms with Gasteiger partial charge in [0.15, 0.2) is 5.82 Å². The Morgan fingerprint density at radius 1 is 0.871 bits per heavy atom. The predicted octanol–water partition coefficient (Wildman–Crippen LogP) is 6.31. The molecule has 0 unspecified atom stereocenters. The lowest BCUT2D eigenvalue weighted by Gasteiger charge is -2.23. The first-order valence-electron chi connectivity index (χ1n) is 10.6. The van der Waals surface area contributed by atoms with Gasteiger partial charge in [0.25, 0.3) is 5.88 Å². The Hall–Kier alpha value is -3.18. The summed E-state index contributed by atoms with van der Waals surface area (Å²) >= 11 is 6.57. The quantitative estimate of drug-likeness (QED) is 0.410. The Labute approximate surface area is 186 Å². The largest absolute Gasteiger partial charge is 0.472 e. The first-order chi connectivity index (χ1) is 15.2. The molecule has 2 aromatic carbocycles. The van der Waals surface area contributed by atoms with E-state index in [1.165, 1.54) is 19.3 Å². The van der Waals surface area contributed by atoms with Gasteiger partial charge in [-0.1, -0.05) is 54.4 Å². The molecular weight excluding hydrogens is 408 g/mol. The maximum absolute atomic E-state index is 6.57. The van der Waals surface area contributed by atoms with Crippen molar-refractivity contribution in [2.24, 2.45) is 0 Å². The van der Waals surface area contributed by atoms with Crippen LogP contribution in [0, 0.1) is 0 Å². The highest BCUT2D eigenvalue weighted by Crippen LogP contribution is 2.37. The molecule has 5 nitrogen and oxygen atoms in total. The highest BCUT2D eigenvalue weighted by Gasteiger charge is 2.21. The Balaban J connectivity index is 1.67. The molecule has 0 aliphatic heterocycles. The minimum atomic E-state index is 0.130. The van der Waals surface area contributed by atoms with E-state index in [0.717, 1.165) is 34.9 Å². The third-order valence-electron chi connectivity index (χ3n) is 5.70. The fourth-order valence-corrected chi connectivity index (χ4v) is 4.42. The molecule has 2 heterocycles. The lowest BCUT2D eigenvalue weighted by molar-refractivity contribution is 0.149. The summed E-state index contributed by atoms with van der Waals surface area (Å²) < 4.78 is 6.21. The minimum absolute atomic E-state index is 0.130. The van der Waals surface area contributed by atoms with Crippen molar-refractivity contribution in [1.82, 2.24) is 15.0 Å². The molecule has 4 aromatic rings. The summed E-state index contributed by atoms with van der Waals surface area (Å²) in [5.41, 5.74) is 10.3. The van der Waals surface area contributed by atoms with Crippen LogP contribution in [0.2, 0.25) is 5.02 Å². The number of nitrogens with two attached hydrogens (primary N) is 1. The molecule has 156 valence electrons. The maximum atomic E-state index is 6.57. The summed E-state index contributed by atoms with van der Waals surface area (Å²) in [6.07, 6.45) is 7.49. The second-order valence-corrected chi connectivity index (χ2v) is 8.30. The molecule has 1 fully saturated rings. The summed E-state index contributed by atoms with van der Waals surface area (Å²) in [5.74, 6) is 0.700. The van der Waals surface area contributed by atoms with Crippen LogP contribution in [0.15, 0.2) is 60.8 Å². The number of nitrogen functional groups attached to an aromatic ring is 1. The van der Waals surface area contributed by atoms with E-state index >= 15 is 0 Å². The highest BCUT2D eigenvalue weighted by molar-refractivity contribution is 6.35. The van der Waals surface area contributed by atoms with Crippen LogP contribution in [0.1, 0.15) is 32.1 Å². The number of aromatic nitrogens is 3. The Morgan fingerprint density at radius 2 is 1.65 bits per heavy atom. The lowest BCUT2D eigenvalue weighted by atomic mass is 9.98. The van der Waals surface area contributed by atoms with Crippen LogP contribution in [-0.2, 0) is 0 Å². The molecule has 1 saturated carbocycles. The number of pyridine rings is 1. The molecule has 5 rings (SSSR count). The third-order valence-corrected chi connectivity index (χ3v) is 5.99. The predicted molar refractivity (Wildman–Crippen MR) is 125 cm³/mol. The number of halogens is 1. The normalized spacial score (nSPS) is 14.6. The van der Waals surface area contributed by atoms with E-state index < -0.39 is 0 Å². The number of ether oxygens (including phenoxy) is 1. The van der Waals surface area contributed by atoms with Crippen molar-refractivity contribution >= 4 is 28.3 Å². The van der Waals surface area contributed by atoms with Crippen molar-refractivity contribution in [3.05, 3.63) is 65.8 Å². The van der Waals surface area contributed by atoms with Gasteiger partial charge in [-0.2, -0.15) is 0 Å². The standard InChI is InChI=1S/C25H23ClN4O/c26-20-15-18(14-17-10-7-13-28-21(17)20)23-22(16-8-3-1-4-9-16)29-24(27)25(30-23)31-19-11-5-2-6-12-19/h1,3-4,7-10,13-15,19H,2,5-6,11-12H2,(H2,27,29). The number of rotatable bonds is 4. The number of fused-ring (bicyclic) bond motifs is 1. The fourth-order valence-electron chi connectivity index (χ4n) is 4.14. The van der Waals surface area contributed by atoms with Gasteiger partial charge in [-0.05, 0) is 43.9 Å². The van der Waals surface area contributed by atoms with Crippen molar-refractivity contribution in [2.45, 2.75) is 38.2 Å². The molecule has 0 radical (unpaired) electrons. The Bertz CT molecular complexity index is 1220. The Morgan fingerprint density at radius 3 is 2.45 bits per heavy atom. The van der Waals surface area contributed by atoms with Crippen LogP contribution < -0.4 is 10.5 Å². The molecule has 1 aliphatic rings. The third kappa shape index (κ3) is 4.06. The van der Waals surface area contributed by atoms with Gasteiger partial charge in [-0.3, -0.25) is 4.98 Å². The summed E-state index contributed by atoms with van der Waals surface area (Å²) in [7, 11) is 0. The number of anilines is 1. The van der Waals surface area contributed by atoms with E-state index in [9.17, 15) is 0 Å². The molecule has 1 aliphatic carbocycles. The first-order valence-corrected chi connectivity index (χ1v) is 11.0. The average Bonchev–Trinajstić information content (AvgIpc) is 2.81. The van der Waals surface area contributed by atoms with Crippen molar-refractivity contribution < 1.29 is 4.74 Å². The fraction of sp³-hybridized carbons (Fsp3) is 0.240. The summed E-state index contributed by atoms with van der Waals surface area (Å²) in [6.45, 7) is 0. The van der Waals surface area contributed by atoms with Crippen molar-refractivity contribution in [1.29, 1.82) is 0 Å². The molecule has 31 heavy (non-hydrogen) atoms. The minimum Gasteiger partial charge on any atom is -0.472 e. The van der Waals surface area contributed by atoms with E-state index in [4.69, 9.17) is 32.0 Å². The highest BCUT2D eigenvalue weighted by atomic mass is 35.5. The molecule has 0 saturated heterocycles. The second-order valence-electron chi connectivity index (χ2n) is 7.89. The summed E-state index contributed by atoms with van der Waals surface area (Å²) in [4.78, 5) is 14.0. The maximum Gasteiger partial charge on any atom is 0.258 e. The van der Waals surface area contributed by atoms with Gasteiger partial charge in [-0.25, -0.2) is 9.97 Å². The van der Waals surface area contributed by atoms with Crippen molar-refractivity contribution in [3.63, 3.8) is 0 Å². The van der Waals surface area contributed by atoms with Crippen molar-refractivity contribution in [2.75, 3.05) is 5.73 Å². The molecule has 6 heteroatoms. The number of hydrogen-bond donors (Lipinski definition) is 1. The van der Waals surface area contributed by atoms with Gasteiger partial charge in [0.1, 0.15) is 11.8 Å². The van der Waals surface area contributed by atoms with Gasteiger partial charge in [-0.15, -0.1) is 0 Å². The van der Waals surface area contributed by atoms with Crippen LogP contribution in [0.3, 0.4) is 0 Å². The zero-order chi connectivity index (χ0) is 21.2. The molecule has 0 amide bonds. The second kappa shape index (κ2) is 8.52. The molecule has 0 atom stereocenters. The molecule has 2 N–H and O–H groups in total. The Kier molecular flexibility index (Phi) is 5.43. The van der Waals surface area contributed by atoms with E-state index in [0.29, 0.717) is 28.1 Å². The van der Waals surface area contributed by atoms with E-state index in [1.54, 1.807) is 6.20 Å². The smallest absolute Gasteiger partial charge is 0.258 e. The van der Waals surface area contributed by atoms with Gasteiger partial charge >= 0.3 is 0 Å². The van der Waals surface area contributed by atoms with Crippen LogP contribution in [0.5, 0.6) is 5.88 Å². The molecule has 0 spiro atoms. The summed E-state index contributed by atoms with van der Waals surface area (Å²) in [6, 6.07) is 17.7. The topological polar surface area (TPSA) is 73.9 Å². The SMILES string of the molecule is Nc1nc(-c2ccccc2)c(-c2cc(Cl)c3ncccc3c2)nc1OC1CCCCC1. The zero-order valence-corrected chi connectivity index (χ0v) is 17.8. The van der Waals surface area contributed by atoms with E-state index in [-0.39, 0.29) is 6.10 Å². The molecular formula is C25H23ClN4O. The number of nitrogens with zero attached hydrogens (tertiary/aromatic N) is 3. The van der Waals surface area contributed by atoms with E-state index in [1.807, 2.05) is 54.6 Å². The average molecular weight is 431 g/mol. The zero-order valence-electron chi connectivity index (χ0n) is 17.1. The number of hydrogen-bond acceptors (Lipinski definition) is 5. The summed E-state index contributed by atoms with van der Waals surface area (Å²) in [5, 5.41) is 1.51. The van der Waals surface area contributed by atoms with Gasteiger partial charge in [0, 0.05) is 22.7 Å². The van der Waals surface area contributed by atoms with Gasteiger partial charge < -0.3 is 10.5 Å². The van der Waals surface area contributed by atoms with Gasteiger partial charge in [0.2, 0.25) is 0 Å². The molecule has 0 bridgehead atoms. The van der Waals surface area contributed by atoms with Crippen LogP contribution in [0.4, 0.5) is 5.82 Å². The number of benzene rings is 2. The monoisotopic (exact) mass is 430 g/mol. The van der Waals surface area contributed by atoms with Crippen LogP contribution >= 0.6 is 11.6 Å². The van der Waals surface area contributed by atoms with Crippen LogP contribution in [-0.4, -0.2) is 21.1 Å². The van der Waals surface area contributed by atoms with E-state index in [2.05, 4.69) is 4.98 Å². The molecule has 2 aromatic heterocycles. The van der Waals surface area contributed by atoms with Crippen molar-refractivity contribution in [3.8, 4) is 28.4 Å².